The molecule has 3 fully saturated rings. The van der Waals surface area contributed by atoms with Gasteiger partial charge in [0.1, 0.15) is 5.75 Å². The second kappa shape index (κ2) is 13.6. The lowest BCUT2D eigenvalue weighted by Crippen LogP contribution is -2.52. The van der Waals surface area contributed by atoms with Crippen LogP contribution in [0.4, 0.5) is 11.4 Å². The molecule has 0 unspecified atom stereocenters. The largest absolute Gasteiger partial charge is 0.497 e. The predicted molar refractivity (Wildman–Crippen MR) is 196 cm³/mol. The van der Waals surface area contributed by atoms with Crippen LogP contribution < -0.4 is 19.7 Å². The number of hydrogen-bond acceptors (Lipinski definition) is 6. The van der Waals surface area contributed by atoms with Crippen molar-refractivity contribution in [2.75, 3.05) is 36.6 Å². The Bertz CT molecular complexity index is 1760. The molecule has 10 heteroatoms. The minimum Gasteiger partial charge on any atom is -0.497 e. The number of carbonyl (C=O) groups is 3. The van der Waals surface area contributed by atoms with Gasteiger partial charge in [0.15, 0.2) is 5.60 Å². The fourth-order valence-corrected chi connectivity index (χ4v) is 13.4. The van der Waals surface area contributed by atoms with Gasteiger partial charge in [-0.1, -0.05) is 67.7 Å². The van der Waals surface area contributed by atoms with Gasteiger partial charge in [-0.15, -0.1) is 0 Å². The van der Waals surface area contributed by atoms with Crippen LogP contribution in [0.15, 0.2) is 72.8 Å². The molecular weight excluding hydrogens is 647 g/mol. The summed E-state index contributed by atoms with van der Waals surface area (Å²) in [7, 11) is -0.764. The second-order valence-corrected chi connectivity index (χ2v) is 19.7. The zero-order chi connectivity index (χ0) is 35.2. The third-order valence-corrected chi connectivity index (χ3v) is 16.3. The number of benzene rings is 3. The smallest absolute Gasteiger partial charge is 0.264 e. The van der Waals surface area contributed by atoms with Gasteiger partial charge in [-0.3, -0.25) is 14.4 Å². The van der Waals surface area contributed by atoms with E-state index < -0.39 is 19.8 Å². The zero-order valence-electron chi connectivity index (χ0n) is 29.6. The highest BCUT2D eigenvalue weighted by Gasteiger charge is 2.66. The summed E-state index contributed by atoms with van der Waals surface area (Å²) in [5.41, 5.74) is 2.13. The molecule has 50 heavy (non-hydrogen) atoms. The van der Waals surface area contributed by atoms with E-state index in [-0.39, 0.29) is 48.3 Å². The van der Waals surface area contributed by atoms with Gasteiger partial charge < -0.3 is 29.3 Å². The van der Waals surface area contributed by atoms with Crippen molar-refractivity contribution < 1.29 is 29.0 Å². The molecule has 3 aromatic carbocycles. The maximum absolute atomic E-state index is 15.1. The molecule has 264 valence electrons. The molecule has 0 aromatic heterocycles. The molecule has 4 aliphatic rings. The molecule has 4 aliphatic heterocycles. The third-order valence-electron chi connectivity index (χ3n) is 11.9. The van der Waals surface area contributed by atoms with Crippen molar-refractivity contribution in [1.29, 1.82) is 0 Å². The van der Waals surface area contributed by atoms with Crippen LogP contribution in [0.5, 0.6) is 5.75 Å². The first-order valence-electron chi connectivity index (χ1n) is 18.1. The van der Waals surface area contributed by atoms with Crippen molar-refractivity contribution in [3.63, 3.8) is 0 Å². The Morgan fingerprint density at radius 2 is 1.78 bits per heavy atom. The Labute approximate surface area is 296 Å². The van der Waals surface area contributed by atoms with E-state index in [0.29, 0.717) is 26.1 Å². The molecule has 7 rings (SSSR count). The fraction of sp³-hybridized carbons (Fsp3) is 0.475. The van der Waals surface area contributed by atoms with Crippen molar-refractivity contribution in [1.82, 2.24) is 4.90 Å². The van der Waals surface area contributed by atoms with E-state index in [2.05, 4.69) is 32.2 Å². The van der Waals surface area contributed by atoms with Crippen LogP contribution in [-0.4, -0.2) is 74.8 Å². The topological polar surface area (TPSA) is 99.6 Å². The van der Waals surface area contributed by atoms with Crippen molar-refractivity contribution >= 4 is 42.4 Å². The molecule has 9 nitrogen and oxygen atoms in total. The molecule has 0 radical (unpaired) electrons. The normalized spacial score (nSPS) is 26.6. The van der Waals surface area contributed by atoms with Gasteiger partial charge in [-0.2, -0.15) is 0 Å². The van der Waals surface area contributed by atoms with Gasteiger partial charge in [0.25, 0.3) is 5.91 Å². The zero-order valence-corrected chi connectivity index (χ0v) is 30.6. The van der Waals surface area contributed by atoms with Crippen molar-refractivity contribution in [2.45, 2.75) is 88.4 Å². The highest BCUT2D eigenvalue weighted by molar-refractivity contribution is 6.91. The number of fused-ring (bicyclic) bond motifs is 2. The first-order valence-corrected chi connectivity index (χ1v) is 21.2. The molecule has 0 aliphatic carbocycles. The van der Waals surface area contributed by atoms with Crippen LogP contribution in [-0.2, 0) is 31.3 Å². The van der Waals surface area contributed by atoms with Gasteiger partial charge in [-0.25, -0.2) is 0 Å². The van der Waals surface area contributed by atoms with Gasteiger partial charge in [-0.05, 0) is 67.1 Å². The highest BCUT2D eigenvalue weighted by atomic mass is 28.3. The van der Waals surface area contributed by atoms with E-state index >= 15 is 4.79 Å². The summed E-state index contributed by atoms with van der Waals surface area (Å²) < 4.78 is 12.6. The number of nitrogens with zero attached hydrogens (tertiary/aromatic N) is 3. The second-order valence-electron chi connectivity index (χ2n) is 15.0. The lowest BCUT2D eigenvalue weighted by atomic mass is 9.82. The van der Waals surface area contributed by atoms with Crippen molar-refractivity contribution in [2.24, 2.45) is 5.92 Å². The standard InChI is InChI=1S/C40H49N3O6Si/c1-27-38(50(3,4)32-19-17-31(48-2)18-20-32)35(24-37(46)42-22-10-13-30(42)26-44)49-40(27)33-14-5-6-15-34(33)43(39(40)47)25-28-11-9-12-29(23-28)41-21-8-7-16-36(41)45/h5-6,9,11-12,14-15,17-20,23,27,30,35,38,44H,7-8,10,13,16,21-22,24-26H2,1-4H3/t27-,30-,35+,38-,40+/m0/s1. The summed E-state index contributed by atoms with van der Waals surface area (Å²) in [4.78, 5) is 47.4. The van der Waals surface area contributed by atoms with Gasteiger partial charge in [0.2, 0.25) is 11.8 Å². The quantitative estimate of drug-likeness (QED) is 0.303. The van der Waals surface area contributed by atoms with E-state index in [4.69, 9.17) is 9.47 Å². The van der Waals surface area contributed by atoms with Crippen LogP contribution in [0.25, 0.3) is 0 Å². The van der Waals surface area contributed by atoms with Crippen molar-refractivity contribution in [3.8, 4) is 5.75 Å². The number of ether oxygens (including phenoxy) is 2. The van der Waals surface area contributed by atoms with Gasteiger partial charge in [0, 0.05) is 36.7 Å². The summed E-state index contributed by atoms with van der Waals surface area (Å²) in [5, 5.41) is 11.2. The molecule has 1 N–H and O–H groups in total. The van der Waals surface area contributed by atoms with Crippen LogP contribution in [0.1, 0.15) is 56.6 Å². The average molecular weight is 696 g/mol. The number of rotatable bonds is 9. The number of anilines is 2. The number of methoxy groups -OCH3 is 1. The number of likely N-dealkylation sites (tertiary alicyclic amines) is 1. The monoisotopic (exact) mass is 695 g/mol. The van der Waals surface area contributed by atoms with Crippen LogP contribution in [0.2, 0.25) is 18.6 Å². The molecule has 0 saturated carbocycles. The van der Waals surface area contributed by atoms with E-state index in [1.165, 1.54) is 5.19 Å². The molecule has 4 heterocycles. The Morgan fingerprint density at radius 1 is 1.00 bits per heavy atom. The first-order chi connectivity index (χ1) is 24.1. The number of para-hydroxylation sites is 1. The molecule has 1 spiro atoms. The number of amides is 3. The Balaban J connectivity index is 1.26. The van der Waals surface area contributed by atoms with E-state index in [1.807, 2.05) is 75.4 Å². The minimum atomic E-state index is -2.42. The number of aliphatic hydroxyl groups is 1. The predicted octanol–water partition coefficient (Wildman–Crippen LogP) is 5.35. The van der Waals surface area contributed by atoms with Crippen LogP contribution >= 0.6 is 0 Å². The van der Waals surface area contributed by atoms with Gasteiger partial charge in [0.05, 0.1) is 52.6 Å². The molecule has 3 aromatic rings. The molecule has 0 bridgehead atoms. The van der Waals surface area contributed by atoms with E-state index in [1.54, 1.807) is 7.11 Å². The van der Waals surface area contributed by atoms with E-state index in [9.17, 15) is 14.7 Å². The van der Waals surface area contributed by atoms with Crippen LogP contribution in [0.3, 0.4) is 0 Å². The molecular formula is C40H49N3O6Si. The highest BCUT2D eigenvalue weighted by Crippen LogP contribution is 2.60. The first kappa shape index (κ1) is 34.5. The summed E-state index contributed by atoms with van der Waals surface area (Å²) in [6.45, 7) is 8.38. The van der Waals surface area contributed by atoms with Crippen LogP contribution in [0, 0.1) is 5.92 Å². The number of piperidine rings is 1. The maximum Gasteiger partial charge on any atom is 0.264 e. The minimum absolute atomic E-state index is 0.0278. The Kier molecular flexibility index (Phi) is 9.38. The summed E-state index contributed by atoms with van der Waals surface area (Å²) in [6.07, 6.45) is 3.77. The number of carbonyl (C=O) groups excluding carboxylic acids is 3. The third kappa shape index (κ3) is 5.75. The summed E-state index contributed by atoms with van der Waals surface area (Å²) in [6, 6.07) is 23.9. The average Bonchev–Trinajstić information content (AvgIpc) is 3.79. The molecule has 5 atom stereocenters. The molecule has 3 amide bonds. The molecule has 3 saturated heterocycles. The SMILES string of the molecule is COc1ccc([Si](C)(C)[C@@H]2[C@@H](CC(=O)N3CCC[C@H]3CO)O[C@]3(C(=O)N(Cc4cccc(N5CCCCC5=O)c4)c4ccccc43)[C@H]2C)cc1. The lowest BCUT2D eigenvalue weighted by molar-refractivity contribution is -0.150. The summed E-state index contributed by atoms with van der Waals surface area (Å²) in [5.74, 6) is 0.551. The maximum atomic E-state index is 15.1. The number of hydrogen-bond donors (Lipinski definition) is 1. The van der Waals surface area contributed by atoms with E-state index in [0.717, 1.165) is 53.9 Å². The Morgan fingerprint density at radius 3 is 2.52 bits per heavy atom. The Hall–Kier alpha value is -3.99. The fourth-order valence-electron chi connectivity index (χ4n) is 9.35. The lowest BCUT2D eigenvalue weighted by Gasteiger charge is -2.37. The summed E-state index contributed by atoms with van der Waals surface area (Å²) >= 11 is 0. The van der Waals surface area contributed by atoms with Gasteiger partial charge >= 0.3 is 0 Å². The number of aliphatic hydroxyl groups excluding tert-OH is 1. The van der Waals surface area contributed by atoms with Crippen molar-refractivity contribution in [3.05, 3.63) is 83.9 Å².